The SMILES string of the molecule is C/C=C/[C@@H]1[C@@H](CO)[C@@H](CO)[C@@H]1c1ccccc1. The Bertz CT molecular complexity index is 372. The summed E-state index contributed by atoms with van der Waals surface area (Å²) >= 11 is 0. The first kappa shape index (κ1) is 12.3. The summed E-state index contributed by atoms with van der Waals surface area (Å²) in [6.07, 6.45) is 4.20. The molecule has 0 radical (unpaired) electrons. The first-order chi connectivity index (χ1) is 8.33. The fourth-order valence-electron chi connectivity index (χ4n) is 3.09. The third kappa shape index (κ3) is 2.15. The van der Waals surface area contributed by atoms with Gasteiger partial charge >= 0.3 is 0 Å². The molecule has 1 saturated carbocycles. The van der Waals surface area contributed by atoms with E-state index in [1.54, 1.807) is 0 Å². The lowest BCUT2D eigenvalue weighted by Crippen LogP contribution is -2.47. The molecule has 0 aliphatic heterocycles. The predicted molar refractivity (Wildman–Crippen MR) is 68.6 cm³/mol. The Labute approximate surface area is 103 Å². The molecule has 17 heavy (non-hydrogen) atoms. The first-order valence-electron chi connectivity index (χ1n) is 6.23. The van der Waals surface area contributed by atoms with Gasteiger partial charge < -0.3 is 10.2 Å². The lowest BCUT2D eigenvalue weighted by atomic mass is 9.55. The van der Waals surface area contributed by atoms with Gasteiger partial charge in [-0.3, -0.25) is 0 Å². The van der Waals surface area contributed by atoms with Crippen LogP contribution < -0.4 is 0 Å². The molecular formula is C15H20O2. The Hall–Kier alpha value is -1.12. The van der Waals surface area contributed by atoms with Crippen molar-refractivity contribution >= 4 is 0 Å². The zero-order chi connectivity index (χ0) is 12.3. The maximum atomic E-state index is 9.47. The van der Waals surface area contributed by atoms with Gasteiger partial charge in [-0.25, -0.2) is 0 Å². The minimum atomic E-state index is 0.152. The van der Waals surface area contributed by atoms with Gasteiger partial charge in [0.2, 0.25) is 0 Å². The highest BCUT2D eigenvalue weighted by molar-refractivity contribution is 5.28. The van der Waals surface area contributed by atoms with Crippen molar-refractivity contribution < 1.29 is 10.2 Å². The third-order valence-corrected chi connectivity index (χ3v) is 3.94. The van der Waals surface area contributed by atoms with Crippen molar-refractivity contribution in [3.05, 3.63) is 48.0 Å². The van der Waals surface area contributed by atoms with Crippen molar-refractivity contribution in [1.82, 2.24) is 0 Å². The van der Waals surface area contributed by atoms with Gasteiger partial charge in [-0.15, -0.1) is 0 Å². The van der Waals surface area contributed by atoms with Crippen LogP contribution in [0.1, 0.15) is 18.4 Å². The van der Waals surface area contributed by atoms with Crippen LogP contribution in [0.5, 0.6) is 0 Å². The van der Waals surface area contributed by atoms with Crippen LogP contribution in [0.15, 0.2) is 42.5 Å². The van der Waals surface area contributed by atoms with E-state index in [0.29, 0.717) is 11.8 Å². The number of rotatable bonds is 4. The molecule has 0 spiro atoms. The summed E-state index contributed by atoms with van der Waals surface area (Å²) in [7, 11) is 0. The lowest BCUT2D eigenvalue weighted by molar-refractivity contribution is -0.0182. The predicted octanol–water partition coefficient (Wildman–Crippen LogP) is 2.19. The molecule has 1 aliphatic rings. The van der Waals surface area contributed by atoms with Crippen LogP contribution in [0.3, 0.4) is 0 Å². The van der Waals surface area contributed by atoms with E-state index in [4.69, 9.17) is 0 Å². The topological polar surface area (TPSA) is 40.5 Å². The minimum Gasteiger partial charge on any atom is -0.396 e. The van der Waals surface area contributed by atoms with E-state index < -0.39 is 0 Å². The van der Waals surface area contributed by atoms with Crippen molar-refractivity contribution in [2.45, 2.75) is 12.8 Å². The number of benzene rings is 1. The molecule has 1 aliphatic carbocycles. The molecule has 0 bridgehead atoms. The van der Waals surface area contributed by atoms with E-state index in [1.165, 1.54) is 5.56 Å². The van der Waals surface area contributed by atoms with E-state index >= 15 is 0 Å². The van der Waals surface area contributed by atoms with Crippen LogP contribution in [-0.2, 0) is 0 Å². The van der Waals surface area contributed by atoms with Crippen LogP contribution in [0.2, 0.25) is 0 Å². The van der Waals surface area contributed by atoms with E-state index in [9.17, 15) is 10.2 Å². The largest absolute Gasteiger partial charge is 0.396 e. The fraction of sp³-hybridized carbons (Fsp3) is 0.467. The standard InChI is InChI=1S/C15H20O2/c1-2-6-12-13(9-16)14(10-17)15(12)11-7-4-3-5-8-11/h2-8,12-17H,9-10H2,1H3/b6-2+/t12-,13-,14-,15-/m1/s1. The Kier molecular flexibility index (Phi) is 3.97. The van der Waals surface area contributed by atoms with Gasteiger partial charge in [-0.1, -0.05) is 42.5 Å². The zero-order valence-electron chi connectivity index (χ0n) is 10.2. The Morgan fingerprint density at radius 3 is 2.24 bits per heavy atom. The van der Waals surface area contributed by atoms with Crippen LogP contribution in [-0.4, -0.2) is 23.4 Å². The van der Waals surface area contributed by atoms with Crippen LogP contribution in [0.25, 0.3) is 0 Å². The number of aliphatic hydroxyl groups is 2. The Morgan fingerprint density at radius 1 is 1.06 bits per heavy atom. The minimum absolute atomic E-state index is 0.152. The molecule has 92 valence electrons. The molecule has 2 heteroatoms. The molecular weight excluding hydrogens is 212 g/mol. The van der Waals surface area contributed by atoms with Gasteiger partial charge in [0.25, 0.3) is 0 Å². The highest BCUT2D eigenvalue weighted by Crippen LogP contribution is 2.52. The maximum absolute atomic E-state index is 9.47. The molecule has 1 aromatic carbocycles. The molecule has 2 N–H and O–H groups in total. The molecule has 1 fully saturated rings. The molecule has 0 saturated heterocycles. The van der Waals surface area contributed by atoms with Crippen LogP contribution >= 0.6 is 0 Å². The van der Waals surface area contributed by atoms with Gasteiger partial charge in [0.1, 0.15) is 0 Å². The molecule has 1 aromatic rings. The molecule has 2 nitrogen and oxygen atoms in total. The fourth-order valence-corrected chi connectivity index (χ4v) is 3.09. The average molecular weight is 232 g/mol. The van der Waals surface area contributed by atoms with E-state index in [1.807, 2.05) is 31.2 Å². The van der Waals surface area contributed by atoms with E-state index in [0.717, 1.165) is 0 Å². The molecule has 0 aromatic heterocycles. The number of allylic oxidation sites excluding steroid dienone is 2. The molecule has 0 amide bonds. The summed E-state index contributed by atoms with van der Waals surface area (Å²) in [5, 5.41) is 18.9. The van der Waals surface area contributed by atoms with Gasteiger partial charge in [0.15, 0.2) is 0 Å². The lowest BCUT2D eigenvalue weighted by Gasteiger charge is -2.50. The summed E-state index contributed by atoms with van der Waals surface area (Å²) in [6, 6.07) is 10.3. The summed E-state index contributed by atoms with van der Waals surface area (Å²) in [5.74, 6) is 1.07. The van der Waals surface area contributed by atoms with Crippen molar-refractivity contribution in [3.63, 3.8) is 0 Å². The number of hydrogen-bond acceptors (Lipinski definition) is 2. The first-order valence-corrected chi connectivity index (χ1v) is 6.23. The second-order valence-corrected chi connectivity index (χ2v) is 4.73. The number of hydrogen-bond donors (Lipinski definition) is 2. The Balaban J connectivity index is 2.24. The third-order valence-electron chi connectivity index (χ3n) is 3.94. The van der Waals surface area contributed by atoms with Gasteiger partial charge in [-0.05, 0) is 36.2 Å². The molecule has 0 unspecified atom stereocenters. The highest BCUT2D eigenvalue weighted by atomic mass is 16.3. The second-order valence-electron chi connectivity index (χ2n) is 4.73. The van der Waals surface area contributed by atoms with Crippen molar-refractivity contribution in [2.75, 3.05) is 13.2 Å². The second kappa shape index (κ2) is 5.48. The quantitative estimate of drug-likeness (QED) is 0.781. The summed E-state index contributed by atoms with van der Waals surface area (Å²) in [6.45, 7) is 2.31. The summed E-state index contributed by atoms with van der Waals surface area (Å²) in [5.41, 5.74) is 1.26. The summed E-state index contributed by atoms with van der Waals surface area (Å²) < 4.78 is 0. The highest BCUT2D eigenvalue weighted by Gasteiger charge is 2.48. The monoisotopic (exact) mass is 232 g/mol. The van der Waals surface area contributed by atoms with Crippen molar-refractivity contribution in [3.8, 4) is 0 Å². The molecule has 4 atom stereocenters. The van der Waals surface area contributed by atoms with Gasteiger partial charge in [0.05, 0.1) is 0 Å². The van der Waals surface area contributed by atoms with Crippen molar-refractivity contribution in [2.24, 2.45) is 17.8 Å². The average Bonchev–Trinajstić information content (AvgIpc) is 2.36. The van der Waals surface area contributed by atoms with E-state index in [2.05, 4.69) is 18.2 Å². The van der Waals surface area contributed by atoms with Crippen molar-refractivity contribution in [1.29, 1.82) is 0 Å². The zero-order valence-corrected chi connectivity index (χ0v) is 10.2. The van der Waals surface area contributed by atoms with Crippen LogP contribution in [0.4, 0.5) is 0 Å². The molecule has 0 heterocycles. The van der Waals surface area contributed by atoms with Gasteiger partial charge in [-0.2, -0.15) is 0 Å². The van der Waals surface area contributed by atoms with Gasteiger partial charge in [0, 0.05) is 13.2 Å². The van der Waals surface area contributed by atoms with Crippen LogP contribution in [0, 0.1) is 17.8 Å². The van der Waals surface area contributed by atoms with E-state index in [-0.39, 0.29) is 25.0 Å². The number of aliphatic hydroxyl groups excluding tert-OH is 2. The Morgan fingerprint density at radius 2 is 1.71 bits per heavy atom. The smallest absolute Gasteiger partial charge is 0.0469 e. The molecule has 2 rings (SSSR count). The summed E-state index contributed by atoms with van der Waals surface area (Å²) in [4.78, 5) is 0. The normalized spacial score (nSPS) is 32.6. The maximum Gasteiger partial charge on any atom is 0.0469 e.